The lowest BCUT2D eigenvalue weighted by molar-refractivity contribution is -0.0906. The van der Waals surface area contributed by atoms with E-state index in [2.05, 4.69) is 21.3 Å². The molecule has 5 heterocycles. The minimum atomic E-state index is -0.537. The molecule has 0 unspecified atom stereocenters. The number of anilines is 2. The van der Waals surface area contributed by atoms with E-state index in [9.17, 15) is 4.79 Å². The van der Waals surface area contributed by atoms with E-state index in [1.54, 1.807) is 23.9 Å². The first-order chi connectivity index (χ1) is 15.1. The standard InChI is InChI=1S/C23H31BN4O4/c1-22(2)23(3,4)32-24(31-22)17-8-19(21(29)27(5)12-17)26-20-7-6-15(9-25-20)16-10-28(11-16)18-13-30-14-18/h6-9,12,16,18H,10-11,13-14H2,1-5H3,(H,25,26). The number of nitrogens with one attached hydrogen (secondary N) is 1. The van der Waals surface area contributed by atoms with E-state index in [0.29, 0.717) is 23.5 Å². The Morgan fingerprint density at radius 1 is 1.12 bits per heavy atom. The predicted molar refractivity (Wildman–Crippen MR) is 124 cm³/mol. The van der Waals surface area contributed by atoms with Crippen LogP contribution in [0.15, 0.2) is 35.4 Å². The first-order valence-electron chi connectivity index (χ1n) is 11.2. The molecule has 0 spiro atoms. The van der Waals surface area contributed by atoms with Gasteiger partial charge in [0, 0.05) is 43.9 Å². The summed E-state index contributed by atoms with van der Waals surface area (Å²) >= 11 is 0. The molecule has 0 amide bonds. The van der Waals surface area contributed by atoms with E-state index < -0.39 is 18.3 Å². The molecule has 3 aliphatic heterocycles. The Bertz CT molecular complexity index is 1040. The summed E-state index contributed by atoms with van der Waals surface area (Å²) < 4.78 is 19.1. The number of ether oxygens (including phenoxy) is 1. The van der Waals surface area contributed by atoms with Gasteiger partial charge in [-0.3, -0.25) is 9.69 Å². The van der Waals surface area contributed by atoms with Crippen LogP contribution in [0.2, 0.25) is 0 Å². The van der Waals surface area contributed by atoms with Crippen LogP contribution in [0.1, 0.15) is 39.2 Å². The fourth-order valence-electron chi connectivity index (χ4n) is 4.25. The highest BCUT2D eigenvalue weighted by molar-refractivity contribution is 6.62. The zero-order chi connectivity index (χ0) is 22.7. The van der Waals surface area contributed by atoms with Crippen LogP contribution in [-0.2, 0) is 21.1 Å². The number of hydrogen-bond donors (Lipinski definition) is 1. The van der Waals surface area contributed by atoms with Gasteiger partial charge in [-0.2, -0.15) is 0 Å². The lowest BCUT2D eigenvalue weighted by Gasteiger charge is -2.47. The topological polar surface area (TPSA) is 77.8 Å². The Hall–Kier alpha value is -2.20. The van der Waals surface area contributed by atoms with E-state index in [4.69, 9.17) is 14.0 Å². The van der Waals surface area contributed by atoms with Crippen molar-refractivity contribution in [3.8, 4) is 0 Å². The molecule has 170 valence electrons. The maximum atomic E-state index is 12.7. The normalized spacial score (nSPS) is 23.1. The summed E-state index contributed by atoms with van der Waals surface area (Å²) in [5, 5.41) is 3.18. The van der Waals surface area contributed by atoms with Crippen LogP contribution in [0.5, 0.6) is 0 Å². The second-order valence-electron chi connectivity index (χ2n) is 10.1. The Morgan fingerprint density at radius 3 is 2.38 bits per heavy atom. The summed E-state index contributed by atoms with van der Waals surface area (Å²) in [4.78, 5) is 19.8. The van der Waals surface area contributed by atoms with Crippen LogP contribution in [-0.4, -0.2) is 65.1 Å². The average molecular weight is 438 g/mol. The SMILES string of the molecule is Cn1cc(B2OC(C)(C)C(C)(C)O2)cc(Nc2ccc(C3CN(C4COC4)C3)cn2)c1=O. The number of aryl methyl sites for hydroxylation is 1. The highest BCUT2D eigenvalue weighted by atomic mass is 16.7. The van der Waals surface area contributed by atoms with Crippen LogP contribution in [0, 0.1) is 0 Å². The molecule has 0 aromatic carbocycles. The van der Waals surface area contributed by atoms with Crippen LogP contribution in [0.3, 0.4) is 0 Å². The molecule has 0 atom stereocenters. The van der Waals surface area contributed by atoms with Gasteiger partial charge in [0.15, 0.2) is 0 Å². The van der Waals surface area contributed by atoms with Crippen molar-refractivity contribution in [3.63, 3.8) is 0 Å². The van der Waals surface area contributed by atoms with Gasteiger partial charge in [0.05, 0.1) is 30.5 Å². The summed E-state index contributed by atoms with van der Waals surface area (Å²) in [7, 11) is 1.19. The summed E-state index contributed by atoms with van der Waals surface area (Å²) in [5.74, 6) is 1.15. The minimum absolute atomic E-state index is 0.131. The van der Waals surface area contributed by atoms with Gasteiger partial charge in [0.1, 0.15) is 11.5 Å². The summed E-state index contributed by atoms with van der Waals surface area (Å²) in [6.07, 6.45) is 3.67. The Kier molecular flexibility index (Phi) is 5.20. The maximum Gasteiger partial charge on any atom is 0.496 e. The molecule has 3 fully saturated rings. The van der Waals surface area contributed by atoms with Crippen molar-refractivity contribution >= 4 is 24.1 Å². The average Bonchev–Trinajstić information content (AvgIpc) is 2.88. The van der Waals surface area contributed by atoms with Gasteiger partial charge < -0.3 is 23.9 Å². The largest absolute Gasteiger partial charge is 0.496 e. The van der Waals surface area contributed by atoms with Crippen LogP contribution >= 0.6 is 0 Å². The van der Waals surface area contributed by atoms with Gasteiger partial charge in [-0.05, 0) is 45.4 Å². The quantitative estimate of drug-likeness (QED) is 0.711. The zero-order valence-corrected chi connectivity index (χ0v) is 19.4. The van der Waals surface area contributed by atoms with Gasteiger partial charge in [0.25, 0.3) is 5.56 Å². The number of hydrogen-bond acceptors (Lipinski definition) is 7. The third kappa shape index (κ3) is 3.77. The number of nitrogens with zero attached hydrogens (tertiary/aromatic N) is 3. The van der Waals surface area contributed by atoms with Gasteiger partial charge in [-0.1, -0.05) is 6.07 Å². The van der Waals surface area contributed by atoms with Crippen molar-refractivity contribution in [2.75, 3.05) is 31.6 Å². The Morgan fingerprint density at radius 2 is 1.81 bits per heavy atom. The molecule has 0 saturated carbocycles. The molecule has 3 aliphatic rings. The Labute approximate surface area is 189 Å². The van der Waals surface area contributed by atoms with E-state index in [-0.39, 0.29) is 5.56 Å². The molecular formula is C23H31BN4O4. The summed E-state index contributed by atoms with van der Waals surface area (Å²) in [6.45, 7) is 11.9. The Balaban J connectivity index is 1.29. The van der Waals surface area contributed by atoms with Crippen LogP contribution in [0.4, 0.5) is 11.5 Å². The van der Waals surface area contributed by atoms with Crippen LogP contribution in [0.25, 0.3) is 0 Å². The second kappa shape index (κ2) is 7.69. The third-order valence-electron chi connectivity index (χ3n) is 7.30. The first-order valence-corrected chi connectivity index (χ1v) is 11.2. The molecule has 2 aromatic rings. The van der Waals surface area contributed by atoms with Crippen molar-refractivity contribution in [2.45, 2.75) is 50.9 Å². The fraction of sp³-hybridized carbons (Fsp3) is 0.565. The highest BCUT2D eigenvalue weighted by Crippen LogP contribution is 2.36. The molecule has 1 N–H and O–H groups in total. The molecule has 2 aromatic heterocycles. The maximum absolute atomic E-state index is 12.7. The number of likely N-dealkylation sites (tertiary alicyclic amines) is 1. The molecule has 0 radical (unpaired) electrons. The van der Waals surface area contributed by atoms with Gasteiger partial charge in [-0.15, -0.1) is 0 Å². The van der Waals surface area contributed by atoms with Gasteiger partial charge >= 0.3 is 7.12 Å². The summed E-state index contributed by atoms with van der Waals surface area (Å²) in [6, 6.07) is 6.42. The fourth-order valence-corrected chi connectivity index (χ4v) is 4.25. The monoisotopic (exact) mass is 438 g/mol. The predicted octanol–water partition coefficient (Wildman–Crippen LogP) is 1.62. The number of pyridine rings is 2. The van der Waals surface area contributed by atoms with Gasteiger partial charge in [0.2, 0.25) is 0 Å². The molecular weight excluding hydrogens is 407 g/mol. The minimum Gasteiger partial charge on any atom is -0.399 e. The number of rotatable bonds is 5. The third-order valence-corrected chi connectivity index (χ3v) is 7.30. The van der Waals surface area contributed by atoms with Crippen molar-refractivity contribution in [3.05, 3.63) is 46.5 Å². The molecule has 32 heavy (non-hydrogen) atoms. The smallest absolute Gasteiger partial charge is 0.399 e. The summed E-state index contributed by atoms with van der Waals surface area (Å²) in [5.41, 5.74) is 1.44. The van der Waals surface area contributed by atoms with E-state index in [0.717, 1.165) is 31.8 Å². The molecule has 5 rings (SSSR count). The van der Waals surface area contributed by atoms with Crippen molar-refractivity contribution in [1.82, 2.24) is 14.5 Å². The lowest BCUT2D eigenvalue weighted by atomic mass is 9.80. The highest BCUT2D eigenvalue weighted by Gasteiger charge is 2.52. The van der Waals surface area contributed by atoms with Crippen LogP contribution < -0.4 is 16.3 Å². The molecule has 8 nitrogen and oxygen atoms in total. The van der Waals surface area contributed by atoms with Crippen molar-refractivity contribution in [2.24, 2.45) is 7.05 Å². The molecule has 9 heteroatoms. The zero-order valence-electron chi connectivity index (χ0n) is 19.4. The first kappa shape index (κ1) is 21.6. The second-order valence-corrected chi connectivity index (χ2v) is 10.1. The van der Waals surface area contributed by atoms with E-state index in [1.807, 2.05) is 40.0 Å². The van der Waals surface area contributed by atoms with E-state index in [1.165, 1.54) is 5.56 Å². The molecule has 0 aliphatic carbocycles. The molecule has 3 saturated heterocycles. The number of aromatic nitrogens is 2. The molecule has 0 bridgehead atoms. The lowest BCUT2D eigenvalue weighted by Crippen LogP contribution is -2.58. The van der Waals surface area contributed by atoms with Gasteiger partial charge in [-0.25, -0.2) is 4.98 Å². The van der Waals surface area contributed by atoms with E-state index >= 15 is 0 Å². The van der Waals surface area contributed by atoms with Crippen molar-refractivity contribution < 1.29 is 14.0 Å². The van der Waals surface area contributed by atoms with Crippen molar-refractivity contribution in [1.29, 1.82) is 0 Å².